The maximum atomic E-state index is 11.9. The van der Waals surface area contributed by atoms with Gasteiger partial charge in [-0.25, -0.2) is 0 Å². The SMILES string of the molecule is O=C(Cc1ccccc1)N1[CH]CCCC1. The lowest BCUT2D eigenvalue weighted by atomic mass is 10.1. The molecule has 1 aromatic carbocycles. The number of nitrogens with zero attached hydrogens (tertiary/aromatic N) is 1. The van der Waals surface area contributed by atoms with Crippen LogP contribution in [0.2, 0.25) is 0 Å². The molecule has 1 fully saturated rings. The summed E-state index contributed by atoms with van der Waals surface area (Å²) in [5.74, 6) is 0.223. The molecular formula is C13H16NO. The second kappa shape index (κ2) is 4.96. The molecule has 79 valence electrons. The lowest BCUT2D eigenvalue weighted by Gasteiger charge is -2.26. The molecule has 2 heteroatoms. The number of hydrogen-bond acceptors (Lipinski definition) is 1. The Bertz CT molecular complexity index is 315. The summed E-state index contributed by atoms with van der Waals surface area (Å²) in [6.07, 6.45) is 3.92. The summed E-state index contributed by atoms with van der Waals surface area (Å²) in [6.45, 7) is 2.93. The van der Waals surface area contributed by atoms with Gasteiger partial charge < -0.3 is 4.90 Å². The van der Waals surface area contributed by atoms with Gasteiger partial charge in [0.15, 0.2) is 0 Å². The average molecular weight is 202 g/mol. The van der Waals surface area contributed by atoms with Crippen molar-refractivity contribution in [1.29, 1.82) is 0 Å². The van der Waals surface area contributed by atoms with E-state index in [-0.39, 0.29) is 5.91 Å². The Morgan fingerprint density at radius 3 is 2.67 bits per heavy atom. The summed E-state index contributed by atoms with van der Waals surface area (Å²) in [7, 11) is 0. The van der Waals surface area contributed by atoms with Crippen LogP contribution in [0.15, 0.2) is 30.3 Å². The Balaban J connectivity index is 1.91. The van der Waals surface area contributed by atoms with Crippen molar-refractivity contribution < 1.29 is 4.79 Å². The van der Waals surface area contributed by atoms with Gasteiger partial charge >= 0.3 is 0 Å². The highest BCUT2D eigenvalue weighted by atomic mass is 16.2. The van der Waals surface area contributed by atoms with Crippen molar-refractivity contribution >= 4 is 5.91 Å². The third-order valence-corrected chi connectivity index (χ3v) is 2.72. The van der Waals surface area contributed by atoms with Gasteiger partial charge in [0.2, 0.25) is 5.91 Å². The highest BCUT2D eigenvalue weighted by Crippen LogP contribution is 2.14. The van der Waals surface area contributed by atoms with Crippen LogP contribution in [-0.2, 0) is 11.2 Å². The van der Waals surface area contributed by atoms with Crippen LogP contribution in [0, 0.1) is 6.54 Å². The second-order valence-corrected chi connectivity index (χ2v) is 3.93. The van der Waals surface area contributed by atoms with Crippen molar-refractivity contribution in [2.24, 2.45) is 0 Å². The highest BCUT2D eigenvalue weighted by Gasteiger charge is 2.16. The molecule has 0 spiro atoms. The van der Waals surface area contributed by atoms with E-state index in [2.05, 4.69) is 0 Å². The molecular weight excluding hydrogens is 186 g/mol. The van der Waals surface area contributed by atoms with Gasteiger partial charge in [-0.3, -0.25) is 4.79 Å². The normalized spacial score (nSPS) is 16.4. The molecule has 0 unspecified atom stereocenters. The van der Waals surface area contributed by atoms with Crippen molar-refractivity contribution in [3.8, 4) is 0 Å². The number of likely N-dealkylation sites (tertiary alicyclic amines) is 1. The van der Waals surface area contributed by atoms with Gasteiger partial charge in [-0.15, -0.1) is 0 Å². The Morgan fingerprint density at radius 2 is 2.00 bits per heavy atom. The quantitative estimate of drug-likeness (QED) is 0.721. The maximum absolute atomic E-state index is 11.9. The molecule has 0 N–H and O–H groups in total. The minimum atomic E-state index is 0.223. The molecule has 0 aliphatic carbocycles. The highest BCUT2D eigenvalue weighted by molar-refractivity contribution is 5.79. The fourth-order valence-corrected chi connectivity index (χ4v) is 1.86. The fraction of sp³-hybridized carbons (Fsp3) is 0.385. The predicted octanol–water partition coefficient (Wildman–Crippen LogP) is 2.40. The minimum absolute atomic E-state index is 0.223. The van der Waals surface area contributed by atoms with E-state index in [4.69, 9.17) is 0 Å². The molecule has 1 radical (unpaired) electrons. The first-order chi connectivity index (χ1) is 7.36. The van der Waals surface area contributed by atoms with Crippen LogP contribution >= 0.6 is 0 Å². The van der Waals surface area contributed by atoms with Crippen LogP contribution < -0.4 is 0 Å². The molecule has 0 aromatic heterocycles. The molecule has 0 atom stereocenters. The Morgan fingerprint density at radius 1 is 1.20 bits per heavy atom. The topological polar surface area (TPSA) is 20.3 Å². The van der Waals surface area contributed by atoms with E-state index < -0.39 is 0 Å². The molecule has 1 aliphatic heterocycles. The monoisotopic (exact) mass is 202 g/mol. The first kappa shape index (κ1) is 10.2. The molecule has 1 aliphatic rings. The number of piperidine rings is 1. The smallest absolute Gasteiger partial charge is 0.227 e. The van der Waals surface area contributed by atoms with Crippen molar-refractivity contribution in [1.82, 2.24) is 4.90 Å². The molecule has 1 saturated heterocycles. The number of hydrogen-bond donors (Lipinski definition) is 0. The van der Waals surface area contributed by atoms with Crippen molar-refractivity contribution in [2.45, 2.75) is 25.7 Å². The average Bonchev–Trinajstić information content (AvgIpc) is 2.31. The summed E-state index contributed by atoms with van der Waals surface area (Å²) >= 11 is 0. The number of carbonyl (C=O) groups is 1. The van der Waals surface area contributed by atoms with Gasteiger partial charge in [0, 0.05) is 6.54 Å². The number of carbonyl (C=O) groups excluding carboxylic acids is 1. The first-order valence-corrected chi connectivity index (χ1v) is 5.53. The number of benzene rings is 1. The van der Waals surface area contributed by atoms with Crippen molar-refractivity contribution in [2.75, 3.05) is 6.54 Å². The standard InChI is InChI=1S/C13H16NO/c15-13(14-9-5-2-6-10-14)11-12-7-3-1-4-8-12/h1,3-4,7-9H,2,5-6,10-11H2. The Kier molecular flexibility index (Phi) is 3.38. The van der Waals surface area contributed by atoms with Gasteiger partial charge in [-0.2, -0.15) is 0 Å². The van der Waals surface area contributed by atoms with Gasteiger partial charge in [0.1, 0.15) is 0 Å². The Hall–Kier alpha value is -1.31. The molecule has 0 saturated carbocycles. The van der Waals surface area contributed by atoms with E-state index in [1.807, 2.05) is 41.8 Å². The third kappa shape index (κ3) is 2.82. The summed E-state index contributed by atoms with van der Waals surface area (Å²) in [5.41, 5.74) is 1.10. The van der Waals surface area contributed by atoms with Crippen LogP contribution in [0.25, 0.3) is 0 Å². The van der Waals surface area contributed by atoms with Crippen LogP contribution in [0.3, 0.4) is 0 Å². The molecule has 2 rings (SSSR count). The van der Waals surface area contributed by atoms with E-state index in [9.17, 15) is 4.79 Å². The summed E-state index contributed by atoms with van der Waals surface area (Å²) in [4.78, 5) is 13.7. The van der Waals surface area contributed by atoms with Crippen LogP contribution in [0.5, 0.6) is 0 Å². The zero-order valence-corrected chi connectivity index (χ0v) is 8.86. The maximum Gasteiger partial charge on any atom is 0.227 e. The zero-order chi connectivity index (χ0) is 10.5. The number of amides is 1. The van der Waals surface area contributed by atoms with Crippen molar-refractivity contribution in [3.05, 3.63) is 42.4 Å². The minimum Gasteiger partial charge on any atom is -0.337 e. The van der Waals surface area contributed by atoms with E-state index >= 15 is 0 Å². The van der Waals surface area contributed by atoms with Crippen LogP contribution in [0.1, 0.15) is 24.8 Å². The lowest BCUT2D eigenvalue weighted by molar-refractivity contribution is -0.129. The summed E-state index contributed by atoms with van der Waals surface area (Å²) in [5, 5.41) is 0. The first-order valence-electron chi connectivity index (χ1n) is 5.53. The van der Waals surface area contributed by atoms with Gasteiger partial charge in [-0.1, -0.05) is 30.3 Å². The Labute approximate surface area is 90.9 Å². The lowest BCUT2D eigenvalue weighted by Crippen LogP contribution is -2.33. The van der Waals surface area contributed by atoms with Crippen LogP contribution in [0.4, 0.5) is 0 Å². The molecule has 2 nitrogen and oxygen atoms in total. The van der Waals surface area contributed by atoms with Crippen LogP contribution in [-0.4, -0.2) is 17.4 Å². The van der Waals surface area contributed by atoms with E-state index in [1.165, 1.54) is 6.42 Å². The second-order valence-electron chi connectivity index (χ2n) is 3.93. The zero-order valence-electron chi connectivity index (χ0n) is 8.86. The fourth-order valence-electron chi connectivity index (χ4n) is 1.86. The van der Waals surface area contributed by atoms with Crippen molar-refractivity contribution in [3.63, 3.8) is 0 Å². The molecule has 1 aromatic rings. The van der Waals surface area contributed by atoms with E-state index in [1.54, 1.807) is 0 Å². The molecule has 1 heterocycles. The largest absolute Gasteiger partial charge is 0.337 e. The predicted molar refractivity (Wildman–Crippen MR) is 60.0 cm³/mol. The molecule has 0 bridgehead atoms. The number of rotatable bonds is 2. The summed E-state index contributed by atoms with van der Waals surface area (Å²) < 4.78 is 0. The summed E-state index contributed by atoms with van der Waals surface area (Å²) in [6, 6.07) is 9.93. The molecule has 15 heavy (non-hydrogen) atoms. The van der Waals surface area contributed by atoms with E-state index in [0.717, 1.165) is 24.9 Å². The van der Waals surface area contributed by atoms with Gasteiger partial charge in [0.25, 0.3) is 0 Å². The van der Waals surface area contributed by atoms with Gasteiger partial charge in [0.05, 0.1) is 13.0 Å². The third-order valence-electron chi connectivity index (χ3n) is 2.72. The molecule has 1 amide bonds. The van der Waals surface area contributed by atoms with Gasteiger partial charge in [-0.05, 0) is 24.8 Å². The van der Waals surface area contributed by atoms with E-state index in [0.29, 0.717) is 6.42 Å².